The number of rotatable bonds is 4. The van der Waals surface area contributed by atoms with E-state index in [4.69, 9.17) is 10.8 Å². The van der Waals surface area contributed by atoms with Gasteiger partial charge in [-0.05, 0) is 37.1 Å². The lowest BCUT2D eigenvalue weighted by Gasteiger charge is -2.21. The van der Waals surface area contributed by atoms with Gasteiger partial charge in [0, 0.05) is 6.54 Å². The van der Waals surface area contributed by atoms with Crippen molar-refractivity contribution in [2.45, 2.75) is 25.4 Å². The van der Waals surface area contributed by atoms with Crippen LogP contribution in [0.1, 0.15) is 28.8 Å². The van der Waals surface area contributed by atoms with Gasteiger partial charge in [0.25, 0.3) is 0 Å². The first kappa shape index (κ1) is 12.6. The average Bonchev–Trinajstić information content (AvgIpc) is 2.77. The van der Waals surface area contributed by atoms with Gasteiger partial charge in [0.15, 0.2) is 0 Å². The smallest absolute Gasteiger partial charge is 0.335 e. The lowest BCUT2D eigenvalue weighted by Crippen LogP contribution is -2.39. The van der Waals surface area contributed by atoms with Crippen LogP contribution in [0.4, 0.5) is 0 Å². The highest BCUT2D eigenvalue weighted by atomic mass is 16.4. The minimum absolute atomic E-state index is 0.224. The summed E-state index contributed by atoms with van der Waals surface area (Å²) in [6, 6.07) is 6.55. The molecule has 1 atom stereocenters. The number of amides is 1. The molecule has 1 fully saturated rings. The van der Waals surface area contributed by atoms with Gasteiger partial charge >= 0.3 is 5.97 Å². The summed E-state index contributed by atoms with van der Waals surface area (Å²) < 4.78 is 0. The van der Waals surface area contributed by atoms with E-state index in [1.807, 2.05) is 11.0 Å². The normalized spacial score (nSPS) is 19.9. The highest BCUT2D eigenvalue weighted by Crippen LogP contribution is 2.20. The second kappa shape index (κ2) is 5.18. The van der Waals surface area contributed by atoms with Gasteiger partial charge in [-0.25, -0.2) is 4.79 Å². The number of hydrogen-bond donors (Lipinski definition) is 2. The molecule has 0 bridgehead atoms. The Labute approximate surface area is 105 Å². The maximum atomic E-state index is 11.3. The molecular formula is C13H16N2O3. The Hall–Kier alpha value is -1.88. The third kappa shape index (κ3) is 2.68. The third-order valence-electron chi connectivity index (χ3n) is 3.25. The van der Waals surface area contributed by atoms with Crippen LogP contribution in [0.15, 0.2) is 24.3 Å². The van der Waals surface area contributed by atoms with Gasteiger partial charge in [0.05, 0.1) is 11.6 Å². The van der Waals surface area contributed by atoms with Gasteiger partial charge in [-0.15, -0.1) is 0 Å². The third-order valence-corrected chi connectivity index (χ3v) is 3.25. The fourth-order valence-electron chi connectivity index (χ4n) is 2.37. The number of aromatic carboxylic acids is 1. The van der Waals surface area contributed by atoms with Crippen LogP contribution < -0.4 is 5.73 Å². The van der Waals surface area contributed by atoms with Crippen molar-refractivity contribution < 1.29 is 14.7 Å². The van der Waals surface area contributed by atoms with E-state index in [-0.39, 0.29) is 17.5 Å². The van der Waals surface area contributed by atoms with Crippen LogP contribution in [0, 0.1) is 0 Å². The Morgan fingerprint density at radius 3 is 2.89 bits per heavy atom. The largest absolute Gasteiger partial charge is 0.478 e. The van der Waals surface area contributed by atoms with Crippen LogP contribution in [0.25, 0.3) is 0 Å². The fourth-order valence-corrected chi connectivity index (χ4v) is 2.37. The second-order valence-electron chi connectivity index (χ2n) is 4.54. The first-order valence-corrected chi connectivity index (χ1v) is 5.93. The molecule has 96 valence electrons. The zero-order valence-electron chi connectivity index (χ0n) is 10.0. The van der Waals surface area contributed by atoms with Crippen molar-refractivity contribution in [1.29, 1.82) is 0 Å². The van der Waals surface area contributed by atoms with Crippen molar-refractivity contribution in [3.8, 4) is 0 Å². The van der Waals surface area contributed by atoms with E-state index in [9.17, 15) is 9.59 Å². The molecule has 1 unspecified atom stereocenters. The Balaban J connectivity index is 2.11. The van der Waals surface area contributed by atoms with Crippen molar-refractivity contribution >= 4 is 11.9 Å². The van der Waals surface area contributed by atoms with Gasteiger partial charge < -0.3 is 10.8 Å². The summed E-state index contributed by atoms with van der Waals surface area (Å²) in [6.45, 7) is 1.39. The Morgan fingerprint density at radius 2 is 2.22 bits per heavy atom. The maximum absolute atomic E-state index is 11.3. The molecule has 0 aromatic heterocycles. The van der Waals surface area contributed by atoms with Crippen LogP contribution in [-0.4, -0.2) is 34.5 Å². The zero-order valence-corrected chi connectivity index (χ0v) is 10.0. The Kier molecular flexibility index (Phi) is 3.62. The Morgan fingerprint density at radius 1 is 1.44 bits per heavy atom. The molecule has 5 heteroatoms. The predicted octanol–water partition coefficient (Wildman–Crippen LogP) is 0.834. The summed E-state index contributed by atoms with van der Waals surface area (Å²) in [5.41, 5.74) is 6.50. The second-order valence-corrected chi connectivity index (χ2v) is 4.54. The molecule has 1 aliphatic rings. The summed E-state index contributed by atoms with van der Waals surface area (Å²) in [6.07, 6.45) is 1.74. The van der Waals surface area contributed by atoms with Crippen LogP contribution in [0.2, 0.25) is 0 Å². The summed E-state index contributed by atoms with van der Waals surface area (Å²) in [7, 11) is 0. The highest BCUT2D eigenvalue weighted by molar-refractivity contribution is 5.87. The molecule has 2 rings (SSSR count). The number of carbonyl (C=O) groups excluding carboxylic acids is 1. The number of carboxylic acids is 1. The monoisotopic (exact) mass is 248 g/mol. The lowest BCUT2D eigenvalue weighted by atomic mass is 10.1. The standard InChI is InChI=1S/C13H16N2O3/c14-12(16)11-5-2-6-15(11)8-9-3-1-4-10(7-9)13(17)18/h1,3-4,7,11H,2,5-6,8H2,(H2,14,16)(H,17,18). The van der Waals surface area contributed by atoms with E-state index >= 15 is 0 Å². The summed E-state index contributed by atoms with van der Waals surface area (Å²) in [5.74, 6) is -1.24. The molecule has 0 spiro atoms. The zero-order chi connectivity index (χ0) is 13.1. The number of primary amides is 1. The van der Waals surface area contributed by atoms with Gasteiger partial charge in [-0.2, -0.15) is 0 Å². The van der Waals surface area contributed by atoms with E-state index in [1.165, 1.54) is 0 Å². The number of nitrogens with zero attached hydrogens (tertiary/aromatic N) is 1. The molecule has 1 aromatic rings. The highest BCUT2D eigenvalue weighted by Gasteiger charge is 2.28. The van der Waals surface area contributed by atoms with E-state index in [0.717, 1.165) is 24.9 Å². The van der Waals surface area contributed by atoms with Crippen LogP contribution in [0.5, 0.6) is 0 Å². The number of hydrogen-bond acceptors (Lipinski definition) is 3. The van der Waals surface area contributed by atoms with Gasteiger partial charge in [-0.1, -0.05) is 12.1 Å². The minimum Gasteiger partial charge on any atom is -0.478 e. The van der Waals surface area contributed by atoms with Crippen LogP contribution >= 0.6 is 0 Å². The predicted molar refractivity (Wildman–Crippen MR) is 66.0 cm³/mol. The number of nitrogens with two attached hydrogens (primary N) is 1. The molecule has 18 heavy (non-hydrogen) atoms. The molecule has 0 saturated carbocycles. The Bertz CT molecular complexity index is 473. The number of likely N-dealkylation sites (tertiary alicyclic amines) is 1. The number of carbonyl (C=O) groups is 2. The average molecular weight is 248 g/mol. The van der Waals surface area contributed by atoms with Crippen molar-refractivity contribution in [3.05, 3.63) is 35.4 Å². The van der Waals surface area contributed by atoms with Crippen LogP contribution in [0.3, 0.4) is 0 Å². The van der Waals surface area contributed by atoms with Crippen molar-refractivity contribution in [3.63, 3.8) is 0 Å². The van der Waals surface area contributed by atoms with Gasteiger partial charge in [0.1, 0.15) is 0 Å². The quantitative estimate of drug-likeness (QED) is 0.826. The summed E-state index contributed by atoms with van der Waals surface area (Å²) in [4.78, 5) is 24.1. The molecule has 5 nitrogen and oxygen atoms in total. The topological polar surface area (TPSA) is 83.6 Å². The number of benzene rings is 1. The number of carboxylic acid groups (broad SMARTS) is 1. The van der Waals surface area contributed by atoms with E-state index < -0.39 is 5.97 Å². The summed E-state index contributed by atoms with van der Waals surface area (Å²) in [5, 5.41) is 8.92. The fraction of sp³-hybridized carbons (Fsp3) is 0.385. The van der Waals surface area contributed by atoms with Gasteiger partial charge in [-0.3, -0.25) is 9.69 Å². The minimum atomic E-state index is -0.940. The first-order valence-electron chi connectivity index (χ1n) is 5.93. The maximum Gasteiger partial charge on any atom is 0.335 e. The van der Waals surface area contributed by atoms with E-state index in [0.29, 0.717) is 6.54 Å². The molecule has 1 saturated heterocycles. The SMILES string of the molecule is NC(=O)C1CCCN1Cc1cccc(C(=O)O)c1. The first-order chi connectivity index (χ1) is 8.58. The molecule has 3 N–H and O–H groups in total. The van der Waals surface area contributed by atoms with Gasteiger partial charge in [0.2, 0.25) is 5.91 Å². The molecule has 1 aromatic carbocycles. The molecule has 1 amide bonds. The van der Waals surface area contributed by atoms with Crippen molar-refractivity contribution in [2.24, 2.45) is 5.73 Å². The van der Waals surface area contributed by atoms with Crippen molar-refractivity contribution in [2.75, 3.05) is 6.54 Å². The molecule has 0 radical (unpaired) electrons. The van der Waals surface area contributed by atoms with Crippen molar-refractivity contribution in [1.82, 2.24) is 4.90 Å². The van der Waals surface area contributed by atoms with E-state index in [2.05, 4.69) is 0 Å². The molecule has 1 heterocycles. The van der Waals surface area contributed by atoms with E-state index in [1.54, 1.807) is 18.2 Å². The molecule has 0 aliphatic carbocycles. The molecular weight excluding hydrogens is 232 g/mol. The summed E-state index contributed by atoms with van der Waals surface area (Å²) >= 11 is 0. The van der Waals surface area contributed by atoms with Crippen LogP contribution in [-0.2, 0) is 11.3 Å². The molecule has 1 aliphatic heterocycles. The lowest BCUT2D eigenvalue weighted by molar-refractivity contribution is -0.122.